The van der Waals surface area contributed by atoms with Crippen LogP contribution in [0.3, 0.4) is 0 Å². The molecule has 2 saturated heterocycles. The quantitative estimate of drug-likeness (QED) is 0.260. The van der Waals surface area contributed by atoms with E-state index in [1.807, 2.05) is 37.3 Å². The number of anilines is 1. The standard InChI is InChI=1S/C26H33N5O3/c1-18(27)30-15-12-23(13-16-30)33-21-8-10-22(11-9-21)34-26(32)24-7-2-3-14-31(24)20-6-4-5-19(17-20)25(28)29/h4-6,8-11,17,23-24,27H,2-3,7,12-16H2,1H3,(H3,28,29)/t24-/m1/s1. The van der Waals surface area contributed by atoms with Crippen LogP contribution in [-0.2, 0) is 4.79 Å². The second-order valence-electron chi connectivity index (χ2n) is 8.95. The van der Waals surface area contributed by atoms with E-state index in [-0.39, 0.29) is 24.0 Å². The third-order valence-electron chi connectivity index (χ3n) is 6.52. The molecule has 0 radical (unpaired) electrons. The van der Waals surface area contributed by atoms with Gasteiger partial charge in [-0.05, 0) is 62.6 Å². The van der Waals surface area contributed by atoms with Gasteiger partial charge >= 0.3 is 5.97 Å². The second kappa shape index (κ2) is 10.6. The van der Waals surface area contributed by atoms with Crippen LogP contribution >= 0.6 is 0 Å². The summed E-state index contributed by atoms with van der Waals surface area (Å²) in [7, 11) is 0. The minimum Gasteiger partial charge on any atom is -0.490 e. The smallest absolute Gasteiger partial charge is 0.334 e. The summed E-state index contributed by atoms with van der Waals surface area (Å²) >= 11 is 0. The fourth-order valence-electron chi connectivity index (χ4n) is 4.61. The lowest BCUT2D eigenvalue weighted by Gasteiger charge is -2.36. The number of nitrogens with two attached hydrogens (primary N) is 1. The number of nitrogen functional groups attached to an aromatic ring is 1. The number of hydrogen-bond acceptors (Lipinski definition) is 6. The number of nitrogens with one attached hydrogen (secondary N) is 2. The maximum absolute atomic E-state index is 13.1. The average molecular weight is 464 g/mol. The summed E-state index contributed by atoms with van der Waals surface area (Å²) in [6.45, 7) is 4.24. The molecule has 2 heterocycles. The Hall–Kier alpha value is -3.55. The Bertz CT molecular complexity index is 1030. The highest BCUT2D eigenvalue weighted by Gasteiger charge is 2.31. The van der Waals surface area contributed by atoms with Crippen molar-refractivity contribution in [1.29, 1.82) is 10.8 Å². The van der Waals surface area contributed by atoms with Crippen LogP contribution in [0.4, 0.5) is 5.69 Å². The molecule has 0 aliphatic carbocycles. The molecule has 0 amide bonds. The predicted molar refractivity (Wildman–Crippen MR) is 133 cm³/mol. The van der Waals surface area contributed by atoms with Gasteiger partial charge < -0.3 is 25.0 Å². The topological polar surface area (TPSA) is 116 Å². The summed E-state index contributed by atoms with van der Waals surface area (Å²) in [5, 5.41) is 15.4. The van der Waals surface area contributed by atoms with Crippen molar-refractivity contribution >= 4 is 23.3 Å². The van der Waals surface area contributed by atoms with Gasteiger partial charge in [0.1, 0.15) is 29.5 Å². The van der Waals surface area contributed by atoms with Crippen LogP contribution in [0.15, 0.2) is 48.5 Å². The van der Waals surface area contributed by atoms with E-state index < -0.39 is 0 Å². The first-order valence-electron chi connectivity index (χ1n) is 11.9. The lowest BCUT2D eigenvalue weighted by atomic mass is 10.0. The average Bonchev–Trinajstić information content (AvgIpc) is 2.85. The Morgan fingerprint density at radius 1 is 0.971 bits per heavy atom. The van der Waals surface area contributed by atoms with Crippen LogP contribution < -0.4 is 20.1 Å². The van der Waals surface area contributed by atoms with Crippen molar-refractivity contribution in [2.75, 3.05) is 24.5 Å². The lowest BCUT2D eigenvalue weighted by molar-refractivity contribution is -0.136. The first-order chi connectivity index (χ1) is 16.4. The maximum atomic E-state index is 13.1. The van der Waals surface area contributed by atoms with Crippen molar-refractivity contribution < 1.29 is 14.3 Å². The highest BCUT2D eigenvalue weighted by Crippen LogP contribution is 2.28. The molecule has 0 saturated carbocycles. The SMILES string of the molecule is CC(=N)N1CCC(Oc2ccc(OC(=O)[C@H]3CCCCN3c3cccc(C(=N)N)c3)cc2)CC1. The molecule has 2 aliphatic heterocycles. The minimum atomic E-state index is -0.380. The van der Waals surface area contributed by atoms with Crippen molar-refractivity contribution in [3.8, 4) is 11.5 Å². The zero-order chi connectivity index (χ0) is 24.1. The number of benzene rings is 2. The molecule has 0 bridgehead atoms. The largest absolute Gasteiger partial charge is 0.490 e. The number of esters is 1. The van der Waals surface area contributed by atoms with Crippen molar-refractivity contribution in [3.63, 3.8) is 0 Å². The van der Waals surface area contributed by atoms with Gasteiger partial charge in [-0.25, -0.2) is 4.79 Å². The van der Waals surface area contributed by atoms with Gasteiger partial charge in [-0.2, -0.15) is 0 Å². The Kier molecular flexibility index (Phi) is 7.35. The Labute approximate surface area is 200 Å². The van der Waals surface area contributed by atoms with E-state index in [9.17, 15) is 4.79 Å². The van der Waals surface area contributed by atoms with Crippen LogP contribution in [0.5, 0.6) is 11.5 Å². The van der Waals surface area contributed by atoms with E-state index in [0.29, 0.717) is 17.1 Å². The van der Waals surface area contributed by atoms with E-state index in [0.717, 1.165) is 63.2 Å². The van der Waals surface area contributed by atoms with Crippen molar-refractivity contribution in [1.82, 2.24) is 4.90 Å². The molecule has 1 atom stereocenters. The van der Waals surface area contributed by atoms with Crippen LogP contribution in [0.2, 0.25) is 0 Å². The zero-order valence-corrected chi connectivity index (χ0v) is 19.6. The van der Waals surface area contributed by atoms with Gasteiger partial charge in [0, 0.05) is 43.7 Å². The number of ether oxygens (including phenoxy) is 2. The summed E-state index contributed by atoms with van der Waals surface area (Å²) < 4.78 is 11.8. The molecule has 2 fully saturated rings. The molecule has 0 spiro atoms. The Morgan fingerprint density at radius 3 is 2.35 bits per heavy atom. The highest BCUT2D eigenvalue weighted by molar-refractivity contribution is 5.96. The normalized spacial score (nSPS) is 18.9. The van der Waals surface area contributed by atoms with Crippen LogP contribution in [-0.4, -0.2) is 54.3 Å². The van der Waals surface area contributed by atoms with Crippen LogP contribution in [0.25, 0.3) is 0 Å². The van der Waals surface area contributed by atoms with E-state index in [4.69, 9.17) is 26.0 Å². The molecule has 8 nitrogen and oxygen atoms in total. The number of carbonyl (C=O) groups is 1. The van der Waals surface area contributed by atoms with Crippen molar-refractivity contribution in [2.45, 2.75) is 51.2 Å². The van der Waals surface area contributed by atoms with Crippen LogP contribution in [0, 0.1) is 10.8 Å². The molecule has 0 unspecified atom stereocenters. The number of piperidine rings is 2. The van der Waals surface area contributed by atoms with Gasteiger partial charge in [0.2, 0.25) is 0 Å². The molecule has 2 aromatic carbocycles. The van der Waals surface area contributed by atoms with Gasteiger partial charge in [0.25, 0.3) is 0 Å². The summed E-state index contributed by atoms with van der Waals surface area (Å²) in [6.07, 6.45) is 4.58. The summed E-state index contributed by atoms with van der Waals surface area (Å²) in [4.78, 5) is 17.2. The minimum absolute atomic E-state index is 0.00989. The van der Waals surface area contributed by atoms with E-state index in [2.05, 4.69) is 9.80 Å². The van der Waals surface area contributed by atoms with E-state index in [1.54, 1.807) is 18.2 Å². The van der Waals surface area contributed by atoms with Gasteiger partial charge in [0.15, 0.2) is 0 Å². The van der Waals surface area contributed by atoms with Crippen molar-refractivity contribution in [3.05, 3.63) is 54.1 Å². The summed E-state index contributed by atoms with van der Waals surface area (Å²) in [6, 6.07) is 14.3. The van der Waals surface area contributed by atoms with Gasteiger partial charge in [0.05, 0.1) is 5.84 Å². The fourth-order valence-corrected chi connectivity index (χ4v) is 4.61. The molecular formula is C26H33N5O3. The molecule has 34 heavy (non-hydrogen) atoms. The Balaban J connectivity index is 1.36. The number of nitrogens with zero attached hydrogens (tertiary/aromatic N) is 2. The maximum Gasteiger partial charge on any atom is 0.334 e. The molecule has 8 heteroatoms. The first kappa shape index (κ1) is 23.6. The van der Waals surface area contributed by atoms with Gasteiger partial charge in [-0.3, -0.25) is 10.8 Å². The van der Waals surface area contributed by atoms with Gasteiger partial charge in [-0.1, -0.05) is 12.1 Å². The number of carbonyl (C=O) groups excluding carboxylic acids is 1. The number of hydrogen-bond donors (Lipinski definition) is 3. The second-order valence-corrected chi connectivity index (χ2v) is 8.95. The van der Waals surface area contributed by atoms with E-state index >= 15 is 0 Å². The number of amidine groups is 2. The molecule has 2 aliphatic rings. The molecule has 4 N–H and O–H groups in total. The fraction of sp³-hybridized carbons (Fsp3) is 0.423. The zero-order valence-electron chi connectivity index (χ0n) is 19.6. The molecule has 0 aromatic heterocycles. The number of likely N-dealkylation sites (tertiary alicyclic amines) is 1. The molecule has 180 valence electrons. The first-order valence-corrected chi connectivity index (χ1v) is 11.9. The third kappa shape index (κ3) is 5.68. The monoisotopic (exact) mass is 463 g/mol. The summed E-state index contributed by atoms with van der Waals surface area (Å²) in [5.74, 6) is 1.58. The van der Waals surface area contributed by atoms with Crippen LogP contribution in [0.1, 0.15) is 44.6 Å². The lowest BCUT2D eigenvalue weighted by Crippen LogP contribution is -2.46. The van der Waals surface area contributed by atoms with E-state index in [1.165, 1.54) is 0 Å². The highest BCUT2D eigenvalue weighted by atomic mass is 16.5. The Morgan fingerprint density at radius 2 is 1.68 bits per heavy atom. The molecule has 4 rings (SSSR count). The number of rotatable bonds is 6. The third-order valence-corrected chi connectivity index (χ3v) is 6.52. The summed E-state index contributed by atoms with van der Waals surface area (Å²) in [5.41, 5.74) is 7.17. The molecule has 2 aromatic rings. The molecular weight excluding hydrogens is 430 g/mol. The van der Waals surface area contributed by atoms with Gasteiger partial charge in [-0.15, -0.1) is 0 Å². The van der Waals surface area contributed by atoms with Crippen molar-refractivity contribution in [2.24, 2.45) is 5.73 Å². The predicted octanol–water partition coefficient (Wildman–Crippen LogP) is 3.78.